The van der Waals surface area contributed by atoms with Crippen LogP contribution in [0.5, 0.6) is 5.75 Å². The number of carbonyl (C=O) groups is 2. The molecule has 0 bridgehead atoms. The number of benzene rings is 3. The lowest BCUT2D eigenvalue weighted by Crippen LogP contribution is -2.25. The molecule has 5 rings (SSSR count). The van der Waals surface area contributed by atoms with E-state index in [2.05, 4.69) is 10.3 Å². The van der Waals surface area contributed by atoms with Crippen LogP contribution in [0.25, 0.3) is 0 Å². The highest BCUT2D eigenvalue weighted by Crippen LogP contribution is 2.39. The van der Waals surface area contributed by atoms with Crippen LogP contribution in [-0.4, -0.2) is 40.1 Å². The van der Waals surface area contributed by atoms with Crippen LogP contribution >= 0.6 is 11.8 Å². The molecule has 0 fully saturated rings. The van der Waals surface area contributed by atoms with Gasteiger partial charge in [0.15, 0.2) is 5.17 Å². The van der Waals surface area contributed by atoms with Crippen molar-refractivity contribution >= 4 is 40.1 Å². The number of nitrogens with zero attached hydrogens (tertiary/aromatic N) is 3. The fraction of sp³-hybridized carbons (Fsp3) is 0.241. The summed E-state index contributed by atoms with van der Waals surface area (Å²) in [4.78, 5) is 29.8. The number of methoxy groups -OCH3 is 1. The molecule has 2 amide bonds. The number of ether oxygens (including phenoxy) is 1. The lowest BCUT2D eigenvalue weighted by Gasteiger charge is -2.23. The van der Waals surface area contributed by atoms with Gasteiger partial charge in [-0.15, -0.1) is 0 Å². The zero-order chi connectivity index (χ0) is 26.8. The van der Waals surface area contributed by atoms with E-state index >= 15 is 0 Å². The molecule has 0 saturated carbocycles. The van der Waals surface area contributed by atoms with Gasteiger partial charge in [-0.05, 0) is 84.6 Å². The molecule has 0 spiro atoms. The highest BCUT2D eigenvalue weighted by atomic mass is 32.2. The number of hydrazone groups is 1. The highest BCUT2D eigenvalue weighted by molar-refractivity contribution is 8.15. The third-order valence-corrected chi connectivity index (χ3v) is 7.82. The normalized spacial score (nSPS) is 18.8. The Morgan fingerprint density at radius 2 is 1.82 bits per heavy atom. The number of hydrogen-bond acceptors (Lipinski definition) is 6. The molecule has 7 nitrogen and oxygen atoms in total. The Bertz CT molecular complexity index is 1440. The van der Waals surface area contributed by atoms with Crippen LogP contribution in [0.3, 0.4) is 0 Å². The Morgan fingerprint density at radius 1 is 1.08 bits per heavy atom. The molecule has 1 N–H and O–H groups in total. The van der Waals surface area contributed by atoms with E-state index in [1.165, 1.54) is 23.9 Å². The molecule has 3 aromatic carbocycles. The van der Waals surface area contributed by atoms with Gasteiger partial charge in [-0.2, -0.15) is 10.1 Å². The first-order valence-corrected chi connectivity index (χ1v) is 13.1. The van der Waals surface area contributed by atoms with Crippen LogP contribution in [0.4, 0.5) is 10.1 Å². The molecule has 0 saturated heterocycles. The first-order valence-electron chi connectivity index (χ1n) is 12.2. The van der Waals surface area contributed by atoms with E-state index in [1.807, 2.05) is 56.3 Å². The number of carbonyl (C=O) groups excluding carboxylic acids is 2. The number of halogens is 1. The predicted molar refractivity (Wildman–Crippen MR) is 148 cm³/mol. The molecule has 0 radical (unpaired) electrons. The average molecular weight is 531 g/mol. The number of thioether (sulfide) groups is 1. The van der Waals surface area contributed by atoms with Gasteiger partial charge >= 0.3 is 0 Å². The number of rotatable bonds is 6. The lowest BCUT2D eigenvalue weighted by molar-refractivity contribution is -0.121. The van der Waals surface area contributed by atoms with Crippen LogP contribution in [-0.2, 0) is 9.59 Å². The van der Waals surface area contributed by atoms with Gasteiger partial charge in [0.1, 0.15) is 16.8 Å². The molecule has 9 heteroatoms. The van der Waals surface area contributed by atoms with Crippen LogP contribution in [0.1, 0.15) is 41.1 Å². The third-order valence-electron chi connectivity index (χ3n) is 6.67. The van der Waals surface area contributed by atoms with Crippen molar-refractivity contribution in [3.63, 3.8) is 0 Å². The summed E-state index contributed by atoms with van der Waals surface area (Å²) in [6, 6.07) is 19.3. The molecule has 38 heavy (non-hydrogen) atoms. The van der Waals surface area contributed by atoms with Gasteiger partial charge < -0.3 is 10.1 Å². The van der Waals surface area contributed by atoms with Crippen molar-refractivity contribution < 1.29 is 18.7 Å². The molecule has 0 aliphatic carbocycles. The molecule has 2 aliphatic rings. The standard InChI is InChI=1S/C29H27FN4O3S/c1-17-4-11-22(14-18(17)2)31-27(35)16-26-28(36)32-29(38-26)34-25(20-5-9-21(30)10-6-20)15-24(33-34)19-7-12-23(37-3)13-8-19/h4-14,25-26H,15-16H2,1-3H3,(H,31,35)/t25-,26+/m0/s1. The summed E-state index contributed by atoms with van der Waals surface area (Å²) in [7, 11) is 1.61. The minimum atomic E-state index is -0.648. The fourth-order valence-corrected chi connectivity index (χ4v) is 5.45. The summed E-state index contributed by atoms with van der Waals surface area (Å²) < 4.78 is 18.9. The topological polar surface area (TPSA) is 83.4 Å². The minimum absolute atomic E-state index is 0.00642. The second-order valence-corrected chi connectivity index (χ2v) is 10.5. The van der Waals surface area contributed by atoms with Crippen molar-refractivity contribution in [1.29, 1.82) is 0 Å². The molecule has 3 aromatic rings. The van der Waals surface area contributed by atoms with E-state index in [1.54, 1.807) is 24.3 Å². The second kappa shape index (κ2) is 10.8. The van der Waals surface area contributed by atoms with Crippen LogP contribution < -0.4 is 10.1 Å². The number of aryl methyl sites for hydroxylation is 2. The molecular weight excluding hydrogens is 503 g/mol. The fourth-order valence-electron chi connectivity index (χ4n) is 4.39. The van der Waals surface area contributed by atoms with E-state index in [-0.39, 0.29) is 30.1 Å². The molecule has 2 heterocycles. The maximum absolute atomic E-state index is 13.6. The molecule has 2 atom stereocenters. The van der Waals surface area contributed by atoms with Gasteiger partial charge in [-0.3, -0.25) is 9.59 Å². The highest BCUT2D eigenvalue weighted by Gasteiger charge is 2.39. The van der Waals surface area contributed by atoms with Crippen molar-refractivity contribution in [1.82, 2.24) is 5.01 Å². The number of amides is 2. The van der Waals surface area contributed by atoms with Gasteiger partial charge in [0.05, 0.1) is 18.9 Å². The van der Waals surface area contributed by atoms with Crippen molar-refractivity contribution in [3.05, 3.63) is 94.8 Å². The minimum Gasteiger partial charge on any atom is -0.497 e. The van der Waals surface area contributed by atoms with Crippen molar-refractivity contribution in [2.24, 2.45) is 10.1 Å². The van der Waals surface area contributed by atoms with E-state index in [0.717, 1.165) is 33.7 Å². The Kier molecular flexibility index (Phi) is 7.28. The number of amidine groups is 1. The lowest BCUT2D eigenvalue weighted by atomic mass is 9.98. The quantitative estimate of drug-likeness (QED) is 0.447. The predicted octanol–water partition coefficient (Wildman–Crippen LogP) is 5.63. The largest absolute Gasteiger partial charge is 0.497 e. The number of aliphatic imine (C=N–C) groups is 1. The summed E-state index contributed by atoms with van der Waals surface area (Å²) in [6.07, 6.45) is 0.539. The summed E-state index contributed by atoms with van der Waals surface area (Å²) in [5.41, 5.74) is 5.49. The van der Waals surface area contributed by atoms with Crippen LogP contribution in [0.15, 0.2) is 76.8 Å². The third kappa shape index (κ3) is 5.47. The van der Waals surface area contributed by atoms with Crippen molar-refractivity contribution in [2.75, 3.05) is 12.4 Å². The molecule has 194 valence electrons. The van der Waals surface area contributed by atoms with Gasteiger partial charge in [0.25, 0.3) is 5.91 Å². The monoisotopic (exact) mass is 530 g/mol. The number of hydrogen-bond donors (Lipinski definition) is 1. The van der Waals surface area contributed by atoms with Gasteiger partial charge in [-0.25, -0.2) is 9.40 Å². The van der Waals surface area contributed by atoms with Crippen LogP contribution in [0, 0.1) is 19.7 Å². The SMILES string of the molecule is COc1ccc(C2=NN(C3=NC(=O)[C@@H](CC(=O)Nc4ccc(C)c(C)c4)S3)[C@H](c3ccc(F)cc3)C2)cc1. The van der Waals surface area contributed by atoms with Crippen molar-refractivity contribution in [2.45, 2.75) is 38.0 Å². The molecular formula is C29H27FN4O3S. The first kappa shape index (κ1) is 25.7. The average Bonchev–Trinajstić information content (AvgIpc) is 3.51. The Morgan fingerprint density at radius 3 is 2.50 bits per heavy atom. The van der Waals surface area contributed by atoms with Crippen LogP contribution in [0.2, 0.25) is 0 Å². The van der Waals surface area contributed by atoms with E-state index in [9.17, 15) is 14.0 Å². The Labute approximate surface area is 224 Å². The number of nitrogens with one attached hydrogen (secondary N) is 1. The maximum atomic E-state index is 13.6. The molecule has 0 aromatic heterocycles. The van der Waals surface area contributed by atoms with E-state index < -0.39 is 5.25 Å². The van der Waals surface area contributed by atoms with Gasteiger partial charge in [-0.1, -0.05) is 30.0 Å². The summed E-state index contributed by atoms with van der Waals surface area (Å²) in [5.74, 6) is -0.213. The zero-order valence-corrected chi connectivity index (χ0v) is 22.1. The summed E-state index contributed by atoms with van der Waals surface area (Å²) in [5, 5.41) is 9.20. The van der Waals surface area contributed by atoms with E-state index in [4.69, 9.17) is 9.84 Å². The second-order valence-electron chi connectivity index (χ2n) is 9.28. The van der Waals surface area contributed by atoms with Crippen molar-refractivity contribution in [3.8, 4) is 5.75 Å². The molecule has 0 unspecified atom stereocenters. The maximum Gasteiger partial charge on any atom is 0.262 e. The van der Waals surface area contributed by atoms with Gasteiger partial charge in [0, 0.05) is 18.5 Å². The summed E-state index contributed by atoms with van der Waals surface area (Å²) >= 11 is 1.23. The zero-order valence-electron chi connectivity index (χ0n) is 21.3. The van der Waals surface area contributed by atoms with Gasteiger partial charge in [0.2, 0.25) is 5.91 Å². The Hall–Kier alpha value is -3.98. The Balaban J connectivity index is 1.34. The number of anilines is 1. The molecule has 2 aliphatic heterocycles. The smallest absolute Gasteiger partial charge is 0.262 e. The summed E-state index contributed by atoms with van der Waals surface area (Å²) in [6.45, 7) is 3.99. The van der Waals surface area contributed by atoms with E-state index in [0.29, 0.717) is 17.3 Å². The first-order chi connectivity index (χ1) is 18.3.